The number of anilines is 1. The third-order valence-corrected chi connectivity index (χ3v) is 6.05. The fourth-order valence-corrected chi connectivity index (χ4v) is 4.07. The molecule has 0 aliphatic carbocycles. The molecule has 174 valence electrons. The summed E-state index contributed by atoms with van der Waals surface area (Å²) in [6.45, 7) is 3.46. The number of amides is 2. The number of fused-ring (bicyclic) bond motifs is 1. The Balaban J connectivity index is 1.63. The van der Waals surface area contributed by atoms with Gasteiger partial charge in [-0.25, -0.2) is 4.98 Å². The molecule has 0 saturated carbocycles. The minimum absolute atomic E-state index is 0.00585. The summed E-state index contributed by atoms with van der Waals surface area (Å²) in [5.41, 5.74) is 2.24. The van der Waals surface area contributed by atoms with Crippen LogP contribution < -0.4 is 10.6 Å². The Morgan fingerprint density at radius 3 is 2.70 bits per heavy atom. The Morgan fingerprint density at radius 1 is 1.21 bits per heavy atom. The molecule has 1 fully saturated rings. The summed E-state index contributed by atoms with van der Waals surface area (Å²) >= 11 is 0. The number of carbonyl (C=O) groups excluding carboxylic acids is 3. The van der Waals surface area contributed by atoms with Crippen molar-refractivity contribution in [3.63, 3.8) is 0 Å². The van der Waals surface area contributed by atoms with Gasteiger partial charge >= 0.3 is 0 Å². The van der Waals surface area contributed by atoms with E-state index in [4.69, 9.17) is 9.26 Å². The highest BCUT2D eigenvalue weighted by Crippen LogP contribution is 2.29. The van der Waals surface area contributed by atoms with Gasteiger partial charge in [0.1, 0.15) is 5.78 Å². The van der Waals surface area contributed by atoms with Gasteiger partial charge in [-0.1, -0.05) is 18.1 Å². The number of Topliss-reactive ketones (excluding diaryl/α,β-unsaturated/α-hetero) is 1. The van der Waals surface area contributed by atoms with E-state index in [2.05, 4.69) is 20.8 Å². The van der Waals surface area contributed by atoms with Crippen molar-refractivity contribution in [2.45, 2.75) is 38.6 Å². The number of imidazole rings is 1. The van der Waals surface area contributed by atoms with Crippen LogP contribution in [0.4, 0.5) is 5.95 Å². The predicted molar refractivity (Wildman–Crippen MR) is 120 cm³/mol. The zero-order valence-electron chi connectivity index (χ0n) is 18.7. The van der Waals surface area contributed by atoms with Crippen LogP contribution in [0.3, 0.4) is 0 Å². The molecule has 1 atom stereocenters. The first kappa shape index (κ1) is 22.7. The second-order valence-corrected chi connectivity index (χ2v) is 8.10. The minimum atomic E-state index is -0.493. The van der Waals surface area contributed by atoms with Gasteiger partial charge in [-0.05, 0) is 30.5 Å². The second-order valence-electron chi connectivity index (χ2n) is 8.10. The maximum absolute atomic E-state index is 13.0. The summed E-state index contributed by atoms with van der Waals surface area (Å²) in [5, 5.41) is 8.88. The molecule has 2 amide bonds. The first-order valence-corrected chi connectivity index (χ1v) is 11.0. The first-order valence-electron chi connectivity index (χ1n) is 11.0. The van der Waals surface area contributed by atoms with Gasteiger partial charge in [-0.2, -0.15) is 0 Å². The van der Waals surface area contributed by atoms with E-state index >= 15 is 0 Å². The molecule has 1 unspecified atom stereocenters. The predicted octanol–water partition coefficient (Wildman–Crippen LogP) is 2.51. The largest absolute Gasteiger partial charge is 0.381 e. The second kappa shape index (κ2) is 9.95. The summed E-state index contributed by atoms with van der Waals surface area (Å²) in [6.07, 6.45) is 3.09. The van der Waals surface area contributed by atoms with Gasteiger partial charge in [0, 0.05) is 51.1 Å². The maximum atomic E-state index is 13.0. The molecule has 1 aliphatic heterocycles. The van der Waals surface area contributed by atoms with Crippen molar-refractivity contribution in [1.82, 2.24) is 20.0 Å². The van der Waals surface area contributed by atoms with Gasteiger partial charge in [-0.3, -0.25) is 19.7 Å². The highest BCUT2D eigenvalue weighted by Gasteiger charge is 2.27. The Labute approximate surface area is 190 Å². The lowest BCUT2D eigenvalue weighted by molar-refractivity contribution is -0.126. The lowest BCUT2D eigenvalue weighted by Crippen LogP contribution is -2.26. The van der Waals surface area contributed by atoms with Crippen molar-refractivity contribution in [2.24, 2.45) is 5.92 Å². The van der Waals surface area contributed by atoms with Gasteiger partial charge in [0.15, 0.2) is 0 Å². The molecule has 10 heteroatoms. The molecule has 33 heavy (non-hydrogen) atoms. The first-order chi connectivity index (χ1) is 16.0. The molecule has 2 N–H and O–H groups in total. The quantitative estimate of drug-likeness (QED) is 0.536. The molecule has 3 aromatic rings. The Kier molecular flexibility index (Phi) is 6.83. The number of hydrogen-bond acceptors (Lipinski definition) is 7. The average Bonchev–Trinajstić information content (AvgIpc) is 3.50. The fraction of sp³-hybridized carbons (Fsp3) is 0.435. The van der Waals surface area contributed by atoms with E-state index in [1.807, 2.05) is 25.1 Å². The molecule has 0 radical (unpaired) electrons. The van der Waals surface area contributed by atoms with E-state index in [0.29, 0.717) is 25.3 Å². The zero-order valence-corrected chi connectivity index (χ0v) is 18.7. The lowest BCUT2D eigenvalue weighted by Gasteiger charge is -2.24. The highest BCUT2D eigenvalue weighted by atomic mass is 16.5. The molecule has 4 rings (SSSR count). The standard InChI is InChI=1S/C23H27N5O5/c1-14(21(30)15-7-11-32-12-8-15)16-3-4-18-17(13-16)26-23(28(18)10-6-20(29)24-2)27-22(31)19-5-9-25-33-19/h3-5,9,13-15H,6-8,10-12H2,1-2H3,(H,24,29)(H,26,27,31). The molecule has 0 bridgehead atoms. The summed E-state index contributed by atoms with van der Waals surface area (Å²) in [6, 6.07) is 7.11. The smallest absolute Gasteiger partial charge is 0.296 e. The van der Waals surface area contributed by atoms with Gasteiger partial charge < -0.3 is 19.1 Å². The van der Waals surface area contributed by atoms with E-state index in [-0.39, 0.29) is 41.7 Å². The maximum Gasteiger partial charge on any atom is 0.296 e. The van der Waals surface area contributed by atoms with Crippen LogP contribution in [0.5, 0.6) is 0 Å². The van der Waals surface area contributed by atoms with Crippen molar-refractivity contribution in [2.75, 3.05) is 25.6 Å². The van der Waals surface area contributed by atoms with Crippen LogP contribution in [0.2, 0.25) is 0 Å². The number of ketones is 1. The number of rotatable bonds is 8. The molecule has 1 aliphatic rings. The monoisotopic (exact) mass is 453 g/mol. The van der Waals surface area contributed by atoms with Crippen molar-refractivity contribution in [1.29, 1.82) is 0 Å². The summed E-state index contributed by atoms with van der Waals surface area (Å²) in [4.78, 5) is 41.9. The number of aryl methyl sites for hydroxylation is 1. The van der Waals surface area contributed by atoms with Gasteiger partial charge in [0.05, 0.1) is 17.2 Å². The van der Waals surface area contributed by atoms with E-state index in [1.165, 1.54) is 12.3 Å². The molecule has 1 aromatic carbocycles. The third kappa shape index (κ3) is 4.95. The Morgan fingerprint density at radius 2 is 2.00 bits per heavy atom. The number of ether oxygens (including phenoxy) is 1. The zero-order chi connectivity index (χ0) is 23.4. The van der Waals surface area contributed by atoms with E-state index in [1.54, 1.807) is 11.6 Å². The third-order valence-electron chi connectivity index (χ3n) is 6.05. The van der Waals surface area contributed by atoms with Crippen molar-refractivity contribution >= 4 is 34.6 Å². The molecular weight excluding hydrogens is 426 g/mol. The average molecular weight is 453 g/mol. The van der Waals surface area contributed by atoms with Crippen molar-refractivity contribution < 1.29 is 23.6 Å². The van der Waals surface area contributed by atoms with Crippen LogP contribution >= 0.6 is 0 Å². The van der Waals surface area contributed by atoms with Gasteiger partial charge in [-0.15, -0.1) is 0 Å². The molecule has 1 saturated heterocycles. The molecule has 0 spiro atoms. The van der Waals surface area contributed by atoms with Crippen LogP contribution in [0.15, 0.2) is 35.0 Å². The van der Waals surface area contributed by atoms with E-state index in [0.717, 1.165) is 23.9 Å². The highest BCUT2D eigenvalue weighted by molar-refractivity contribution is 6.02. The molecule has 2 aromatic heterocycles. The summed E-state index contributed by atoms with van der Waals surface area (Å²) in [7, 11) is 1.57. The lowest BCUT2D eigenvalue weighted by atomic mass is 9.84. The fourth-order valence-electron chi connectivity index (χ4n) is 4.07. The summed E-state index contributed by atoms with van der Waals surface area (Å²) < 4.78 is 12.1. The van der Waals surface area contributed by atoms with Crippen LogP contribution in [0, 0.1) is 5.92 Å². The Hall–Kier alpha value is -3.53. The van der Waals surface area contributed by atoms with Crippen LogP contribution in [-0.2, 0) is 20.9 Å². The van der Waals surface area contributed by atoms with Crippen LogP contribution in [-0.4, -0.2) is 52.6 Å². The molecule has 3 heterocycles. The molecule has 10 nitrogen and oxygen atoms in total. The summed E-state index contributed by atoms with van der Waals surface area (Å²) in [5.74, 6) is -0.348. The molecular formula is C23H27N5O5. The number of aromatic nitrogens is 3. The SMILES string of the molecule is CNC(=O)CCn1c(NC(=O)c2ccno2)nc2cc(C(C)C(=O)C3CCOCC3)ccc21. The number of hydrogen-bond donors (Lipinski definition) is 2. The van der Waals surface area contributed by atoms with Gasteiger partial charge in [0.2, 0.25) is 17.6 Å². The van der Waals surface area contributed by atoms with E-state index < -0.39 is 5.91 Å². The normalized spacial score (nSPS) is 15.3. The van der Waals surface area contributed by atoms with Crippen LogP contribution in [0.25, 0.3) is 11.0 Å². The number of carbonyl (C=O) groups is 3. The number of benzene rings is 1. The Bertz CT molecular complexity index is 1150. The van der Waals surface area contributed by atoms with E-state index in [9.17, 15) is 14.4 Å². The number of nitrogens with one attached hydrogen (secondary N) is 2. The van der Waals surface area contributed by atoms with Crippen LogP contribution in [0.1, 0.15) is 48.2 Å². The van der Waals surface area contributed by atoms with Crippen molar-refractivity contribution in [3.05, 3.63) is 41.8 Å². The number of nitrogens with zero attached hydrogens (tertiary/aromatic N) is 3. The topological polar surface area (TPSA) is 128 Å². The van der Waals surface area contributed by atoms with Crippen molar-refractivity contribution in [3.8, 4) is 0 Å². The minimum Gasteiger partial charge on any atom is -0.381 e. The van der Waals surface area contributed by atoms with Gasteiger partial charge in [0.25, 0.3) is 5.91 Å².